The van der Waals surface area contributed by atoms with Crippen molar-refractivity contribution in [3.05, 3.63) is 251 Å². The third kappa shape index (κ3) is 81.1. The molecule has 780 valence electrons. The van der Waals surface area contributed by atoms with Gasteiger partial charge in [0.2, 0.25) is 0 Å². The molecule has 0 atom stereocenters. The van der Waals surface area contributed by atoms with Gasteiger partial charge in [0.15, 0.2) is 107 Å². The molecule has 8 saturated carbocycles. The molecule has 0 N–H and O–H groups in total. The van der Waals surface area contributed by atoms with Gasteiger partial charge in [-0.05, 0) is 316 Å². The summed E-state index contributed by atoms with van der Waals surface area (Å²) in [5, 5.41) is 0. The van der Waals surface area contributed by atoms with E-state index in [0.29, 0.717) is 106 Å². The quantitative estimate of drug-likeness (QED) is 0.0181. The van der Waals surface area contributed by atoms with Gasteiger partial charge in [0.05, 0.1) is 151 Å². The maximum Gasteiger partial charge on any atom is 2.00 e. The van der Waals surface area contributed by atoms with E-state index >= 15 is 0 Å². The van der Waals surface area contributed by atoms with E-state index in [4.69, 9.17) is 124 Å². The Balaban J connectivity index is -0.000000156. The van der Waals surface area contributed by atoms with Crippen LogP contribution in [0.2, 0.25) is 0 Å². The second kappa shape index (κ2) is 95.4. The van der Waals surface area contributed by atoms with Crippen molar-refractivity contribution < 1.29 is 293 Å². The van der Waals surface area contributed by atoms with Crippen molar-refractivity contribution >= 4 is 107 Å². The molecule has 8 fully saturated rings. The molecule has 0 saturated heterocycles. The van der Waals surface area contributed by atoms with Crippen molar-refractivity contribution in [2.75, 3.05) is 106 Å². The van der Waals surface area contributed by atoms with Crippen LogP contribution in [0.1, 0.15) is 111 Å². The average Bonchev–Trinajstić information content (AvgIpc) is 1.04. The Morgan fingerprint density at radius 3 is 0.276 bits per heavy atom. The van der Waals surface area contributed by atoms with Gasteiger partial charge in [-0.15, -0.1) is 0 Å². The summed E-state index contributed by atoms with van der Waals surface area (Å²) in [7, 11) is -30.9. The van der Waals surface area contributed by atoms with Gasteiger partial charge >= 0.3 is 138 Å². The molecule has 58 heteroatoms. The third-order valence-corrected chi connectivity index (χ3v) is 27.8. The molecular weight excluding hydrogens is 2500 g/mol. The van der Waals surface area contributed by atoms with E-state index in [0.717, 1.165) is 45.3 Å². The van der Waals surface area contributed by atoms with Crippen molar-refractivity contribution in [1.29, 1.82) is 0 Å². The van der Waals surface area contributed by atoms with Gasteiger partial charge in [0.1, 0.15) is 0 Å². The monoisotopic (exact) mass is 2610 g/mol. The molecule has 0 aromatic carbocycles. The van der Waals surface area contributed by atoms with Crippen LogP contribution in [0, 0.1) is 251 Å². The molecule has 28 nitrogen and oxygen atoms in total. The minimum atomic E-state index is -6.09. The zero-order chi connectivity index (χ0) is 98.5. The zero-order valence-electron chi connectivity index (χ0n) is 74.9. The number of hydrogen-bond donors (Lipinski definition) is 0. The van der Waals surface area contributed by atoms with E-state index in [9.17, 15) is 52.7 Å². The Morgan fingerprint density at radius 2 is 0.239 bits per heavy atom. The maximum absolute atomic E-state index is 10.7. The van der Waals surface area contributed by atoms with Crippen molar-refractivity contribution in [2.24, 2.45) is 0 Å². The SMILES string of the molecule is CCOP(OCC)[C]1[CH][CH][CH][CH]1.CCOP(OCC)[C]1[CH][CH][CH][CH]1.CCOP(OCC)[C]1[CH][CH][CH][CH]1.CCOP(OCC)[C]1[CH][CH][CH][CH]1.CCOP(OCC)[C]1[CH][CH][CH][CH]1.CCOP(OCC)[C]1[CH][CH][CH][CH]1.CCOP(OCC)[C]1[CH][CH][CH][CH]1.CCOP(OCC)[C]1[CH][CH][CH][CH]1.O=S(=O)([O-])C(F)(F)F.O=S(=O)([O-])C(F)(F)F.O=S(=O)([O-])C(F)(F)F.O=S(=O)([O-])C(F)(F)F.[Fe+2].[Fe+2].[Pd+2].[Pd+2].[Pd+2].[Pd+2]. The first-order valence-corrected chi connectivity index (χ1v) is 53.4. The van der Waals surface area contributed by atoms with Gasteiger partial charge in [0, 0.05) is 0 Å². The van der Waals surface area contributed by atoms with Crippen LogP contribution in [-0.2, 0) is 229 Å². The first kappa shape index (κ1) is 159. The molecule has 0 aromatic rings. The summed E-state index contributed by atoms with van der Waals surface area (Å²) in [6.45, 7) is 43.0. The number of hydrogen-bond acceptors (Lipinski definition) is 28. The summed E-state index contributed by atoms with van der Waals surface area (Å²) >= 11 is 0. The Bertz CT molecular complexity index is 2500. The maximum atomic E-state index is 10.7. The van der Waals surface area contributed by atoms with Gasteiger partial charge in [-0.25, -0.2) is 33.7 Å². The predicted octanol–water partition coefficient (Wildman–Crippen LogP) is 22.1. The van der Waals surface area contributed by atoms with Gasteiger partial charge in [-0.2, -0.15) is 52.7 Å². The summed E-state index contributed by atoms with van der Waals surface area (Å²) < 4.78 is 323. The van der Waals surface area contributed by atoms with Crippen LogP contribution in [0.4, 0.5) is 52.7 Å². The van der Waals surface area contributed by atoms with Crippen molar-refractivity contribution in [2.45, 2.75) is 133 Å². The predicted molar refractivity (Wildman–Crippen MR) is 468 cm³/mol. The Hall–Kier alpha value is 5.29. The summed E-state index contributed by atoms with van der Waals surface area (Å²) in [5.74, 6) is 0. The summed E-state index contributed by atoms with van der Waals surface area (Å²) in [4.78, 5) is 0. The van der Waals surface area contributed by atoms with Crippen LogP contribution >= 0.6 is 67.0 Å². The average molecular weight is 2620 g/mol. The van der Waals surface area contributed by atoms with Gasteiger partial charge < -0.3 is 90.6 Å². The van der Waals surface area contributed by atoms with Gasteiger partial charge in [-0.1, -0.05) is 0 Å². The van der Waals surface area contributed by atoms with Crippen LogP contribution in [0.3, 0.4) is 0 Å². The Kier molecular flexibility index (Phi) is 113. The van der Waals surface area contributed by atoms with Crippen LogP contribution in [0.25, 0.3) is 0 Å². The molecular formula is C76H112F12Fe2O28P8Pd4S4+8. The fourth-order valence-electron chi connectivity index (χ4n) is 7.25. The van der Waals surface area contributed by atoms with Crippen LogP contribution < -0.4 is 0 Å². The second-order valence-corrected chi connectivity index (χ2v) is 39.3. The van der Waals surface area contributed by atoms with Crippen LogP contribution in [0.15, 0.2) is 0 Å². The summed E-state index contributed by atoms with van der Waals surface area (Å²) in [6, 6.07) is 0. The molecule has 8 aliphatic carbocycles. The Morgan fingerprint density at radius 1 is 0.187 bits per heavy atom. The fraction of sp³-hybridized carbons (Fsp3) is 0.474. The minimum absolute atomic E-state index is 0. The van der Waals surface area contributed by atoms with E-state index in [1.165, 1.54) is 0 Å². The van der Waals surface area contributed by atoms with Crippen LogP contribution in [-0.4, -0.2) is 180 Å². The first-order valence-electron chi connectivity index (χ1n) is 38.3. The topological polar surface area (TPSA) is 376 Å². The molecule has 0 aromatic heterocycles. The second-order valence-electron chi connectivity index (χ2n) is 21.5. The van der Waals surface area contributed by atoms with E-state index < -0.39 is 130 Å². The Labute approximate surface area is 881 Å². The largest absolute Gasteiger partial charge is 2.00 e. The van der Waals surface area contributed by atoms with Crippen LogP contribution in [0.5, 0.6) is 0 Å². The minimum Gasteiger partial charge on any atom is -0.741 e. The van der Waals surface area contributed by atoms with Crippen molar-refractivity contribution in [1.82, 2.24) is 0 Å². The molecule has 0 amide bonds. The normalized spacial score (nSPS) is 17.1. The standard InChI is InChI=1S/8C9H14O2P.4CHF3O3S.2Fe.4Pd/c8*1-3-10-12(11-4-2)9-7-5-6-8-9;4*2-1(3,4)8(5,6)7;;;;;;/h8*5-8H,3-4H2,1-2H3;4*(H,5,6,7);;;;;;/q;;;;;;;;;;;;6*+2/p-4. The third-order valence-electron chi connectivity index (χ3n) is 11.9. The number of rotatable bonds is 40. The summed E-state index contributed by atoms with van der Waals surface area (Å²) in [5.41, 5.74) is -13.3. The molecule has 0 aliphatic heterocycles. The van der Waals surface area contributed by atoms with E-state index in [-0.39, 0.29) is 116 Å². The zero-order valence-corrected chi connectivity index (χ0v) is 93.8. The molecule has 0 heterocycles. The molecule has 0 bridgehead atoms. The van der Waals surface area contributed by atoms with E-state index in [2.05, 4.69) is 0 Å². The van der Waals surface area contributed by atoms with Crippen molar-refractivity contribution in [3.8, 4) is 0 Å². The molecule has 0 unspecified atom stereocenters. The molecule has 40 radical (unpaired) electrons. The molecule has 8 rings (SSSR count). The van der Waals surface area contributed by atoms with Gasteiger partial charge in [-0.3, -0.25) is 0 Å². The van der Waals surface area contributed by atoms with E-state index in [1.54, 1.807) is 0 Å². The molecule has 134 heavy (non-hydrogen) atoms. The van der Waals surface area contributed by atoms with Crippen molar-refractivity contribution in [3.63, 3.8) is 0 Å². The molecule has 0 spiro atoms. The first-order chi connectivity index (χ1) is 60.0. The number of halogens is 12. The summed E-state index contributed by atoms with van der Waals surface area (Å²) in [6.07, 6.45) is 64.7. The smallest absolute Gasteiger partial charge is 0.741 e. The number of alkyl halides is 12. The molecule has 8 aliphatic rings. The van der Waals surface area contributed by atoms with Gasteiger partial charge in [0.25, 0.3) is 0 Å². The van der Waals surface area contributed by atoms with E-state index in [1.807, 2.05) is 316 Å². The fourth-order valence-corrected chi connectivity index (χ4v) is 17.3.